The molecule has 6 heteroatoms. The number of aliphatic hydroxyl groups is 2. The first-order valence-corrected chi connectivity index (χ1v) is 3.87. The van der Waals surface area contributed by atoms with Crippen LogP contribution in [0.5, 0.6) is 0 Å². The first-order chi connectivity index (χ1) is 5.74. The first-order valence-electron chi connectivity index (χ1n) is 3.87. The van der Waals surface area contributed by atoms with Crippen molar-refractivity contribution in [2.24, 2.45) is 0 Å². The fraction of sp³-hybridized carbons (Fsp3) is 1.00. The summed E-state index contributed by atoms with van der Waals surface area (Å²) >= 11 is 0. The van der Waals surface area contributed by atoms with E-state index in [2.05, 4.69) is 5.32 Å². The van der Waals surface area contributed by atoms with Crippen LogP contribution in [0.1, 0.15) is 6.42 Å². The van der Waals surface area contributed by atoms with E-state index in [0.29, 0.717) is 13.0 Å². The van der Waals surface area contributed by atoms with Gasteiger partial charge in [0.2, 0.25) is 0 Å². The van der Waals surface area contributed by atoms with Crippen molar-refractivity contribution in [1.82, 2.24) is 5.32 Å². The van der Waals surface area contributed by atoms with E-state index in [1.54, 1.807) is 0 Å². The SMILES string of the molecule is CNC1COC([NH-])C(O)C1.CO.[Y]. The average molecular weight is 266 g/mol. The number of hydrogen-bond donors (Lipinski definition) is 3. The maximum Gasteiger partial charge on any atom is 0.0625 e. The molecule has 0 aliphatic carbocycles. The average Bonchev–Trinajstić information content (AvgIpc) is 2.13. The molecule has 77 valence electrons. The second-order valence-corrected chi connectivity index (χ2v) is 2.54. The predicted molar refractivity (Wildman–Crippen MR) is 45.7 cm³/mol. The molecular weight excluding hydrogens is 249 g/mol. The van der Waals surface area contributed by atoms with Gasteiger partial charge in [-0.05, 0) is 19.7 Å². The van der Waals surface area contributed by atoms with Crippen LogP contribution in [-0.4, -0.2) is 49.4 Å². The summed E-state index contributed by atoms with van der Waals surface area (Å²) < 4.78 is 4.95. The van der Waals surface area contributed by atoms with Crippen molar-refractivity contribution in [2.75, 3.05) is 20.8 Å². The van der Waals surface area contributed by atoms with E-state index >= 15 is 0 Å². The Bertz CT molecular complexity index is 118. The van der Waals surface area contributed by atoms with Crippen LogP contribution in [0.25, 0.3) is 5.73 Å². The summed E-state index contributed by atoms with van der Waals surface area (Å²) in [5, 5.41) is 19.1. The van der Waals surface area contributed by atoms with Crippen molar-refractivity contribution >= 4 is 0 Å². The van der Waals surface area contributed by atoms with Crippen molar-refractivity contribution < 1.29 is 47.7 Å². The summed E-state index contributed by atoms with van der Waals surface area (Å²) in [6.45, 7) is 0.529. The first kappa shape index (κ1) is 16.3. The molecule has 0 aromatic rings. The summed E-state index contributed by atoms with van der Waals surface area (Å²) in [6.07, 6.45) is -0.763. The Kier molecular flexibility index (Phi) is 11.9. The third-order valence-electron chi connectivity index (χ3n) is 1.76. The number of hydrogen-bond acceptors (Lipinski definition) is 4. The van der Waals surface area contributed by atoms with Gasteiger partial charge >= 0.3 is 0 Å². The Morgan fingerprint density at radius 1 is 1.46 bits per heavy atom. The molecule has 0 saturated carbocycles. The molecule has 1 aliphatic rings. The van der Waals surface area contributed by atoms with E-state index in [9.17, 15) is 0 Å². The van der Waals surface area contributed by atoms with Gasteiger partial charge in [0.1, 0.15) is 0 Å². The van der Waals surface area contributed by atoms with E-state index in [0.717, 1.165) is 7.11 Å². The zero-order valence-corrected chi connectivity index (χ0v) is 10.9. The fourth-order valence-corrected chi connectivity index (χ4v) is 1.02. The standard InChI is InChI=1S/C6H13N2O2.CH4O.Y/c1-8-4-2-5(9)6(7)10-3-4;1-2;/h4-9H,2-3H2,1H3;2H,1H3;/q-1;;. The summed E-state index contributed by atoms with van der Waals surface area (Å²) in [7, 11) is 2.82. The smallest absolute Gasteiger partial charge is 0.0625 e. The van der Waals surface area contributed by atoms with Crippen LogP contribution >= 0.6 is 0 Å². The van der Waals surface area contributed by atoms with Crippen LogP contribution in [0, 0.1) is 0 Å². The normalized spacial score (nSPS) is 32.5. The number of aliphatic hydroxyl groups excluding tert-OH is 2. The molecule has 1 radical (unpaired) electrons. The topological polar surface area (TPSA) is 85.5 Å². The molecule has 3 unspecified atom stereocenters. The van der Waals surface area contributed by atoms with E-state index in [1.807, 2.05) is 7.05 Å². The van der Waals surface area contributed by atoms with Gasteiger partial charge in [0, 0.05) is 45.9 Å². The van der Waals surface area contributed by atoms with Gasteiger partial charge in [-0.3, -0.25) is 0 Å². The van der Waals surface area contributed by atoms with Gasteiger partial charge in [0.25, 0.3) is 0 Å². The predicted octanol–water partition coefficient (Wildman–Crippen LogP) is -0.660. The Hall–Kier alpha value is 0.904. The van der Waals surface area contributed by atoms with E-state index < -0.39 is 12.3 Å². The molecule has 4 N–H and O–H groups in total. The molecule has 1 saturated heterocycles. The molecule has 0 aromatic heterocycles. The van der Waals surface area contributed by atoms with Gasteiger partial charge in [0.15, 0.2) is 0 Å². The molecule has 0 spiro atoms. The minimum atomic E-state index is -0.746. The molecule has 1 aliphatic heterocycles. The van der Waals surface area contributed by atoms with Crippen LogP contribution in [-0.2, 0) is 37.4 Å². The fourth-order valence-electron chi connectivity index (χ4n) is 1.02. The minimum Gasteiger partial charge on any atom is -0.650 e. The Labute approximate surface area is 104 Å². The molecule has 1 heterocycles. The quantitative estimate of drug-likeness (QED) is 0.588. The van der Waals surface area contributed by atoms with Gasteiger partial charge in [0.05, 0.1) is 12.7 Å². The van der Waals surface area contributed by atoms with E-state index in [4.69, 9.17) is 20.7 Å². The van der Waals surface area contributed by atoms with E-state index in [1.165, 1.54) is 0 Å². The molecule has 1 rings (SSSR count). The summed E-state index contributed by atoms with van der Waals surface area (Å²) in [5.41, 5.74) is 7.14. The second-order valence-electron chi connectivity index (χ2n) is 2.54. The second kappa shape index (κ2) is 9.46. The molecule has 13 heavy (non-hydrogen) atoms. The monoisotopic (exact) mass is 266 g/mol. The van der Waals surface area contributed by atoms with Gasteiger partial charge in [-0.25, -0.2) is 0 Å². The maximum atomic E-state index is 9.13. The van der Waals surface area contributed by atoms with Gasteiger partial charge in [-0.1, -0.05) is 0 Å². The molecule has 0 bridgehead atoms. The summed E-state index contributed by atoms with van der Waals surface area (Å²) in [5.74, 6) is 0. The van der Waals surface area contributed by atoms with Crippen molar-refractivity contribution in [3.8, 4) is 0 Å². The Morgan fingerprint density at radius 2 is 2.00 bits per heavy atom. The number of rotatable bonds is 1. The van der Waals surface area contributed by atoms with Crippen molar-refractivity contribution in [3.05, 3.63) is 5.73 Å². The van der Waals surface area contributed by atoms with Crippen LogP contribution < -0.4 is 5.32 Å². The van der Waals surface area contributed by atoms with Crippen LogP contribution in [0.4, 0.5) is 0 Å². The van der Waals surface area contributed by atoms with E-state index in [-0.39, 0.29) is 38.8 Å². The van der Waals surface area contributed by atoms with Crippen molar-refractivity contribution in [2.45, 2.75) is 24.8 Å². The van der Waals surface area contributed by atoms with Gasteiger partial charge < -0.3 is 26.0 Å². The van der Waals surface area contributed by atoms with Crippen molar-refractivity contribution in [1.29, 1.82) is 0 Å². The zero-order chi connectivity index (χ0) is 9.56. The maximum absolute atomic E-state index is 9.13. The molecule has 0 aromatic carbocycles. The van der Waals surface area contributed by atoms with Gasteiger partial charge in [-0.2, -0.15) is 0 Å². The summed E-state index contributed by atoms with van der Waals surface area (Å²) in [6, 6.07) is 0.205. The number of nitrogens with one attached hydrogen (secondary N) is 2. The summed E-state index contributed by atoms with van der Waals surface area (Å²) in [4.78, 5) is 0. The Balaban J connectivity index is 0. The third kappa shape index (κ3) is 6.07. The Morgan fingerprint density at radius 3 is 2.38 bits per heavy atom. The third-order valence-corrected chi connectivity index (χ3v) is 1.76. The van der Waals surface area contributed by atoms with Crippen LogP contribution in [0.3, 0.4) is 0 Å². The molecule has 1 fully saturated rings. The van der Waals surface area contributed by atoms with Gasteiger partial charge in [-0.15, -0.1) is 0 Å². The van der Waals surface area contributed by atoms with Crippen LogP contribution in [0.15, 0.2) is 0 Å². The largest absolute Gasteiger partial charge is 0.650 e. The molecule has 3 atom stereocenters. The van der Waals surface area contributed by atoms with Crippen molar-refractivity contribution in [3.63, 3.8) is 0 Å². The van der Waals surface area contributed by atoms with Crippen LogP contribution in [0.2, 0.25) is 0 Å². The molecule has 0 amide bonds. The number of likely N-dealkylation sites (N-methyl/N-ethyl adjacent to an activating group) is 1. The minimum absolute atomic E-state index is 0. The number of ether oxygens (including phenoxy) is 1. The molecular formula is C7H17N2O3Y-. The zero-order valence-electron chi connectivity index (χ0n) is 8.03. The molecule has 5 nitrogen and oxygen atoms in total.